The van der Waals surface area contributed by atoms with Crippen molar-refractivity contribution in [1.82, 2.24) is 18.8 Å². The van der Waals surface area contributed by atoms with Gasteiger partial charge in [-0.15, -0.1) is 0 Å². The van der Waals surface area contributed by atoms with Crippen molar-refractivity contribution in [2.75, 3.05) is 53.0 Å². The van der Waals surface area contributed by atoms with E-state index in [9.17, 15) is 18.0 Å². The molecule has 0 saturated carbocycles. The Morgan fingerprint density at radius 1 is 1.12 bits per heavy atom. The number of methoxy groups -OCH3 is 1. The van der Waals surface area contributed by atoms with Crippen LogP contribution in [-0.2, 0) is 26.3 Å². The zero-order valence-electron chi connectivity index (χ0n) is 18.7. The molecule has 178 valence electrons. The summed E-state index contributed by atoms with van der Waals surface area (Å²) in [6.45, 7) is 3.92. The molecule has 10 nitrogen and oxygen atoms in total. The molecule has 2 amide bonds. The topological polar surface area (TPSA) is 108 Å². The third-order valence-corrected chi connectivity index (χ3v) is 7.77. The Morgan fingerprint density at radius 2 is 1.88 bits per heavy atom. The van der Waals surface area contributed by atoms with Crippen molar-refractivity contribution < 1.29 is 27.5 Å². The van der Waals surface area contributed by atoms with Gasteiger partial charge in [-0.2, -0.15) is 17.0 Å². The highest BCUT2D eigenvalue weighted by molar-refractivity contribution is 7.86. The van der Waals surface area contributed by atoms with Crippen molar-refractivity contribution in [3.63, 3.8) is 0 Å². The van der Waals surface area contributed by atoms with Crippen LogP contribution in [0.5, 0.6) is 5.75 Å². The van der Waals surface area contributed by atoms with Crippen LogP contribution in [-0.4, -0.2) is 86.9 Å². The normalized spacial score (nSPS) is 20.6. The monoisotopic (exact) mass is 468 g/mol. The molecular weight excluding hydrogens is 436 g/mol. The zero-order valence-corrected chi connectivity index (χ0v) is 19.5. The second kappa shape index (κ2) is 11.0. The van der Waals surface area contributed by atoms with Crippen LogP contribution in [0.15, 0.2) is 24.3 Å². The Bertz CT molecular complexity index is 901. The molecule has 1 N–H and O–H groups in total. The smallest absolute Gasteiger partial charge is 0.409 e. The van der Waals surface area contributed by atoms with Gasteiger partial charge in [0.05, 0.1) is 19.6 Å². The molecule has 0 radical (unpaired) electrons. The summed E-state index contributed by atoms with van der Waals surface area (Å²) in [4.78, 5) is 26.1. The summed E-state index contributed by atoms with van der Waals surface area (Å²) < 4.78 is 39.2. The second-order valence-corrected chi connectivity index (χ2v) is 9.79. The van der Waals surface area contributed by atoms with Crippen molar-refractivity contribution in [1.29, 1.82) is 0 Å². The first-order valence-electron chi connectivity index (χ1n) is 10.9. The Balaban J connectivity index is 1.54. The fraction of sp³-hybridized carbons (Fsp3) is 0.619. The van der Waals surface area contributed by atoms with Gasteiger partial charge in [-0.05, 0) is 37.5 Å². The number of ether oxygens (including phenoxy) is 2. The van der Waals surface area contributed by atoms with Crippen molar-refractivity contribution in [3.05, 3.63) is 29.8 Å². The van der Waals surface area contributed by atoms with Crippen molar-refractivity contribution in [2.24, 2.45) is 5.92 Å². The number of carbonyl (C=O) groups is 2. The van der Waals surface area contributed by atoms with Crippen LogP contribution in [0.2, 0.25) is 0 Å². The Hall–Kier alpha value is -2.37. The molecule has 2 heterocycles. The van der Waals surface area contributed by atoms with Gasteiger partial charge in [-0.1, -0.05) is 12.1 Å². The average molecular weight is 469 g/mol. The summed E-state index contributed by atoms with van der Waals surface area (Å²) in [7, 11) is -2.11. The molecule has 1 aromatic rings. The van der Waals surface area contributed by atoms with Crippen LogP contribution >= 0.6 is 0 Å². The van der Waals surface area contributed by atoms with Crippen molar-refractivity contribution in [3.8, 4) is 5.75 Å². The fourth-order valence-corrected chi connectivity index (χ4v) is 5.64. The summed E-state index contributed by atoms with van der Waals surface area (Å²) in [6.07, 6.45) is 0.849. The number of carbonyl (C=O) groups excluding carboxylic acids is 2. The first kappa shape index (κ1) is 24.3. The van der Waals surface area contributed by atoms with Gasteiger partial charge in [-0.3, -0.25) is 4.79 Å². The van der Waals surface area contributed by atoms with Crippen LogP contribution in [0.1, 0.15) is 25.3 Å². The van der Waals surface area contributed by atoms with Crippen LogP contribution in [0.4, 0.5) is 4.79 Å². The number of amides is 2. The van der Waals surface area contributed by atoms with E-state index < -0.39 is 22.2 Å². The van der Waals surface area contributed by atoms with E-state index >= 15 is 0 Å². The molecule has 2 aliphatic heterocycles. The number of piperidine rings is 1. The lowest BCUT2D eigenvalue weighted by atomic mass is 9.99. The summed E-state index contributed by atoms with van der Waals surface area (Å²) in [5.41, 5.74) is 0.914. The van der Waals surface area contributed by atoms with E-state index in [1.807, 2.05) is 24.3 Å². The van der Waals surface area contributed by atoms with Crippen LogP contribution in [0, 0.1) is 5.92 Å². The maximum Gasteiger partial charge on any atom is 0.409 e. The van der Waals surface area contributed by atoms with E-state index in [4.69, 9.17) is 9.47 Å². The van der Waals surface area contributed by atoms with E-state index in [1.54, 1.807) is 14.0 Å². The number of rotatable bonds is 7. The summed E-state index contributed by atoms with van der Waals surface area (Å²) in [5, 5.41) is 2.91. The molecule has 2 saturated heterocycles. The van der Waals surface area contributed by atoms with Crippen LogP contribution < -0.4 is 10.1 Å². The van der Waals surface area contributed by atoms with Gasteiger partial charge in [0.2, 0.25) is 5.91 Å². The van der Waals surface area contributed by atoms with E-state index in [2.05, 4.69) is 5.32 Å². The van der Waals surface area contributed by atoms with E-state index in [0.717, 1.165) is 11.3 Å². The molecule has 32 heavy (non-hydrogen) atoms. The Kier molecular flexibility index (Phi) is 8.32. The molecule has 0 aliphatic carbocycles. The largest absolute Gasteiger partial charge is 0.497 e. The van der Waals surface area contributed by atoms with Gasteiger partial charge in [0.1, 0.15) is 5.75 Å². The molecule has 0 spiro atoms. The zero-order chi connectivity index (χ0) is 23.1. The maximum atomic E-state index is 13.1. The van der Waals surface area contributed by atoms with Crippen molar-refractivity contribution in [2.45, 2.75) is 26.3 Å². The lowest BCUT2D eigenvalue weighted by Gasteiger charge is -2.38. The molecule has 1 aromatic carbocycles. The lowest BCUT2D eigenvalue weighted by Crippen LogP contribution is -2.56. The average Bonchev–Trinajstić information content (AvgIpc) is 2.83. The number of piperazine rings is 1. The minimum atomic E-state index is -3.70. The minimum absolute atomic E-state index is 0.153. The van der Waals surface area contributed by atoms with Gasteiger partial charge in [0.15, 0.2) is 0 Å². The van der Waals surface area contributed by atoms with E-state index in [0.29, 0.717) is 25.9 Å². The predicted molar refractivity (Wildman–Crippen MR) is 118 cm³/mol. The number of hydrogen-bond acceptors (Lipinski definition) is 6. The summed E-state index contributed by atoms with van der Waals surface area (Å²) in [6, 6.07) is 7.45. The molecular formula is C21H32N4O6S. The van der Waals surface area contributed by atoms with E-state index in [-0.39, 0.29) is 45.2 Å². The fourth-order valence-electron chi connectivity index (χ4n) is 3.96. The lowest BCUT2D eigenvalue weighted by molar-refractivity contribution is -0.126. The Labute approximate surface area is 189 Å². The number of nitrogens with zero attached hydrogens (tertiary/aromatic N) is 3. The summed E-state index contributed by atoms with van der Waals surface area (Å²) >= 11 is 0. The SMILES string of the molecule is CCOC(=O)N1CCN(S(=O)(=O)N2CCC[C@H](C(=O)NCc3cccc(OC)c3)C2)CC1. The molecule has 11 heteroatoms. The van der Waals surface area contributed by atoms with Crippen LogP contribution in [0.25, 0.3) is 0 Å². The predicted octanol–water partition coefficient (Wildman–Crippen LogP) is 1.04. The molecule has 0 aromatic heterocycles. The first-order chi connectivity index (χ1) is 15.3. The molecule has 0 bridgehead atoms. The second-order valence-electron chi connectivity index (χ2n) is 7.86. The van der Waals surface area contributed by atoms with Crippen molar-refractivity contribution >= 4 is 22.2 Å². The van der Waals surface area contributed by atoms with Crippen LogP contribution in [0.3, 0.4) is 0 Å². The number of hydrogen-bond donors (Lipinski definition) is 1. The quantitative estimate of drug-likeness (QED) is 0.641. The van der Waals surface area contributed by atoms with Gasteiger partial charge in [0.25, 0.3) is 10.2 Å². The van der Waals surface area contributed by atoms with Gasteiger partial charge in [-0.25, -0.2) is 4.79 Å². The molecule has 1 atom stereocenters. The minimum Gasteiger partial charge on any atom is -0.497 e. The Morgan fingerprint density at radius 3 is 2.56 bits per heavy atom. The molecule has 3 rings (SSSR count). The maximum absolute atomic E-state index is 13.1. The highest BCUT2D eigenvalue weighted by atomic mass is 32.2. The van der Waals surface area contributed by atoms with Gasteiger partial charge >= 0.3 is 6.09 Å². The third-order valence-electron chi connectivity index (χ3n) is 5.77. The van der Waals surface area contributed by atoms with E-state index in [1.165, 1.54) is 13.5 Å². The summed E-state index contributed by atoms with van der Waals surface area (Å²) in [5.74, 6) is 0.166. The molecule has 2 fully saturated rings. The highest BCUT2D eigenvalue weighted by Crippen LogP contribution is 2.23. The molecule has 2 aliphatic rings. The van der Waals surface area contributed by atoms with Gasteiger partial charge in [0, 0.05) is 45.8 Å². The highest BCUT2D eigenvalue weighted by Gasteiger charge is 2.37. The number of benzene rings is 1. The third kappa shape index (κ3) is 5.90. The van der Waals surface area contributed by atoms with Gasteiger partial charge < -0.3 is 19.7 Å². The molecule has 0 unspecified atom stereocenters. The standard InChI is InChI=1S/C21H32N4O6S/c1-3-31-21(27)23-10-12-24(13-11-23)32(28,29)25-9-5-7-18(16-25)20(26)22-15-17-6-4-8-19(14-17)30-2/h4,6,8,14,18H,3,5,7,9-13,15-16H2,1-2H3,(H,22,26)/t18-/m0/s1. The first-order valence-corrected chi connectivity index (χ1v) is 12.3. The number of nitrogens with one attached hydrogen (secondary N) is 1.